The fourth-order valence-electron chi connectivity index (χ4n) is 4.15. The zero-order chi connectivity index (χ0) is 23.0. The standard InChI is InChI=1S/C24H23N3O4S2/c1-31-18-7-9-19(10-8-18)33(29,30)27-14-12-20-21(15-27)32-23-22(20)24(28)26(16-25-23)13-11-17-5-3-2-4-6-17/h2-10,16H,11-15H2,1H3. The Hall–Kier alpha value is -3.01. The van der Waals surface area contributed by atoms with E-state index in [9.17, 15) is 13.2 Å². The number of thiophene rings is 1. The van der Waals surface area contributed by atoms with Crippen molar-refractivity contribution in [3.05, 3.63) is 87.3 Å². The van der Waals surface area contributed by atoms with Crippen molar-refractivity contribution in [3.63, 3.8) is 0 Å². The Morgan fingerprint density at radius 1 is 1.09 bits per heavy atom. The highest BCUT2D eigenvalue weighted by molar-refractivity contribution is 7.89. The van der Waals surface area contributed by atoms with Crippen LogP contribution in [0.4, 0.5) is 0 Å². The van der Waals surface area contributed by atoms with Gasteiger partial charge in [-0.15, -0.1) is 11.3 Å². The normalized spacial score (nSPS) is 14.3. The Kier molecular flexibility index (Phi) is 5.77. The number of hydrogen-bond acceptors (Lipinski definition) is 6. The third-order valence-corrected chi connectivity index (χ3v) is 8.96. The molecule has 0 bridgehead atoms. The molecule has 0 spiro atoms. The SMILES string of the molecule is COc1ccc(S(=O)(=O)N2CCc3c(sc4ncn(CCc5ccccc5)c(=O)c34)C2)cc1. The largest absolute Gasteiger partial charge is 0.497 e. The molecule has 0 amide bonds. The van der Waals surface area contributed by atoms with E-state index in [1.54, 1.807) is 42.3 Å². The molecular formula is C24H23N3O4S2. The molecule has 1 aliphatic rings. The van der Waals surface area contributed by atoms with Crippen molar-refractivity contribution in [2.45, 2.75) is 30.8 Å². The van der Waals surface area contributed by atoms with Crippen LogP contribution in [0.15, 0.2) is 70.6 Å². The molecule has 2 aromatic carbocycles. The van der Waals surface area contributed by atoms with Gasteiger partial charge in [0.1, 0.15) is 10.6 Å². The summed E-state index contributed by atoms with van der Waals surface area (Å²) in [4.78, 5) is 19.5. The highest BCUT2D eigenvalue weighted by Gasteiger charge is 2.31. The van der Waals surface area contributed by atoms with Crippen LogP contribution in [0.1, 0.15) is 16.0 Å². The molecule has 0 radical (unpaired) electrons. The van der Waals surface area contributed by atoms with E-state index in [1.807, 2.05) is 30.3 Å². The summed E-state index contributed by atoms with van der Waals surface area (Å²) in [5.41, 5.74) is 2.04. The summed E-state index contributed by atoms with van der Waals surface area (Å²) < 4.78 is 34.6. The van der Waals surface area contributed by atoms with E-state index in [2.05, 4.69) is 4.98 Å². The maximum atomic E-state index is 13.2. The van der Waals surface area contributed by atoms with Gasteiger partial charge < -0.3 is 4.74 Å². The van der Waals surface area contributed by atoms with Gasteiger partial charge in [-0.25, -0.2) is 13.4 Å². The van der Waals surface area contributed by atoms with Crippen LogP contribution in [-0.4, -0.2) is 35.9 Å². The smallest absolute Gasteiger partial charge is 0.262 e. The number of aromatic nitrogens is 2. The second-order valence-corrected chi connectivity index (χ2v) is 10.9. The zero-order valence-corrected chi connectivity index (χ0v) is 19.7. The van der Waals surface area contributed by atoms with Crippen LogP contribution in [0.3, 0.4) is 0 Å². The first kappa shape index (κ1) is 21.8. The number of methoxy groups -OCH3 is 1. The molecule has 2 aromatic heterocycles. The summed E-state index contributed by atoms with van der Waals surface area (Å²) in [7, 11) is -2.10. The first-order valence-corrected chi connectivity index (χ1v) is 12.9. The van der Waals surface area contributed by atoms with Crippen molar-refractivity contribution in [3.8, 4) is 5.75 Å². The first-order chi connectivity index (χ1) is 16.0. The second-order valence-electron chi connectivity index (χ2n) is 7.93. The van der Waals surface area contributed by atoms with Crippen LogP contribution in [0, 0.1) is 0 Å². The molecule has 9 heteroatoms. The van der Waals surface area contributed by atoms with Crippen LogP contribution in [-0.2, 0) is 36.0 Å². The van der Waals surface area contributed by atoms with E-state index in [4.69, 9.17) is 4.74 Å². The van der Waals surface area contributed by atoms with Gasteiger partial charge in [0.15, 0.2) is 0 Å². The van der Waals surface area contributed by atoms with Crippen molar-refractivity contribution in [1.29, 1.82) is 0 Å². The summed E-state index contributed by atoms with van der Waals surface area (Å²) in [5, 5.41) is 0.632. The predicted molar refractivity (Wildman–Crippen MR) is 128 cm³/mol. The molecule has 3 heterocycles. The van der Waals surface area contributed by atoms with Gasteiger partial charge >= 0.3 is 0 Å². The van der Waals surface area contributed by atoms with Crippen molar-refractivity contribution in [2.75, 3.05) is 13.7 Å². The van der Waals surface area contributed by atoms with Gasteiger partial charge in [-0.1, -0.05) is 30.3 Å². The molecule has 5 rings (SSSR count). The quantitative estimate of drug-likeness (QED) is 0.421. The molecule has 7 nitrogen and oxygen atoms in total. The van der Waals surface area contributed by atoms with E-state index in [-0.39, 0.29) is 17.0 Å². The molecule has 0 aliphatic carbocycles. The van der Waals surface area contributed by atoms with E-state index < -0.39 is 10.0 Å². The molecule has 170 valence electrons. The molecule has 0 saturated heterocycles. The van der Waals surface area contributed by atoms with Crippen molar-refractivity contribution >= 4 is 31.6 Å². The zero-order valence-electron chi connectivity index (χ0n) is 18.1. The fraction of sp³-hybridized carbons (Fsp3) is 0.250. The molecular weight excluding hydrogens is 458 g/mol. The van der Waals surface area contributed by atoms with E-state index in [0.717, 1.165) is 22.4 Å². The minimum Gasteiger partial charge on any atom is -0.497 e. The van der Waals surface area contributed by atoms with Gasteiger partial charge in [-0.3, -0.25) is 9.36 Å². The van der Waals surface area contributed by atoms with Crippen molar-refractivity contribution < 1.29 is 13.2 Å². The van der Waals surface area contributed by atoms with E-state index in [0.29, 0.717) is 35.5 Å². The van der Waals surface area contributed by atoms with Gasteiger partial charge in [-0.05, 0) is 48.2 Å². The lowest BCUT2D eigenvalue weighted by Gasteiger charge is -2.26. The third kappa shape index (κ3) is 4.07. The monoisotopic (exact) mass is 481 g/mol. The highest BCUT2D eigenvalue weighted by Crippen LogP contribution is 2.34. The van der Waals surface area contributed by atoms with Crippen LogP contribution in [0.25, 0.3) is 10.2 Å². The summed E-state index contributed by atoms with van der Waals surface area (Å²) in [5.74, 6) is 0.606. The summed E-state index contributed by atoms with van der Waals surface area (Å²) in [6, 6.07) is 16.4. The number of sulfonamides is 1. The topological polar surface area (TPSA) is 81.5 Å². The number of nitrogens with zero attached hydrogens (tertiary/aromatic N) is 3. The van der Waals surface area contributed by atoms with Gasteiger partial charge in [0.2, 0.25) is 10.0 Å². The lowest BCUT2D eigenvalue weighted by molar-refractivity contribution is 0.396. The fourth-order valence-corrected chi connectivity index (χ4v) is 6.83. The molecule has 1 aliphatic heterocycles. The number of aryl methyl sites for hydroxylation is 2. The number of benzene rings is 2. The van der Waals surface area contributed by atoms with Crippen molar-refractivity contribution in [2.24, 2.45) is 0 Å². The summed E-state index contributed by atoms with van der Waals surface area (Å²) in [6.45, 7) is 1.12. The number of fused-ring (bicyclic) bond motifs is 3. The lowest BCUT2D eigenvalue weighted by Crippen LogP contribution is -2.35. The molecule has 33 heavy (non-hydrogen) atoms. The molecule has 0 unspecified atom stereocenters. The highest BCUT2D eigenvalue weighted by atomic mass is 32.2. The maximum Gasteiger partial charge on any atom is 0.262 e. The average Bonchev–Trinajstić information content (AvgIpc) is 3.23. The minimum atomic E-state index is -3.64. The van der Waals surface area contributed by atoms with Crippen LogP contribution < -0.4 is 10.3 Å². The van der Waals surface area contributed by atoms with Gasteiger partial charge in [0.25, 0.3) is 5.56 Å². The minimum absolute atomic E-state index is 0.0557. The third-order valence-electron chi connectivity index (χ3n) is 5.97. The van der Waals surface area contributed by atoms with Crippen LogP contribution in [0.5, 0.6) is 5.75 Å². The van der Waals surface area contributed by atoms with Crippen molar-refractivity contribution in [1.82, 2.24) is 13.9 Å². The Bertz CT molecular complexity index is 1460. The lowest BCUT2D eigenvalue weighted by atomic mass is 10.1. The van der Waals surface area contributed by atoms with Gasteiger partial charge in [-0.2, -0.15) is 4.31 Å². The van der Waals surface area contributed by atoms with E-state index >= 15 is 0 Å². The Morgan fingerprint density at radius 2 is 1.85 bits per heavy atom. The number of hydrogen-bond donors (Lipinski definition) is 0. The Balaban J connectivity index is 1.42. The molecule has 0 N–H and O–H groups in total. The molecule has 0 fully saturated rings. The Morgan fingerprint density at radius 3 is 2.58 bits per heavy atom. The van der Waals surface area contributed by atoms with Gasteiger partial charge in [0, 0.05) is 24.5 Å². The number of rotatable bonds is 6. The van der Waals surface area contributed by atoms with Crippen LogP contribution in [0.2, 0.25) is 0 Å². The van der Waals surface area contributed by atoms with Gasteiger partial charge in [0.05, 0.1) is 23.7 Å². The average molecular weight is 482 g/mol. The molecule has 4 aromatic rings. The molecule has 0 saturated carbocycles. The number of ether oxygens (including phenoxy) is 1. The maximum absolute atomic E-state index is 13.2. The Labute approximate surface area is 195 Å². The summed E-state index contributed by atoms with van der Waals surface area (Å²) >= 11 is 1.41. The van der Waals surface area contributed by atoms with Crippen LogP contribution >= 0.6 is 11.3 Å². The summed E-state index contributed by atoms with van der Waals surface area (Å²) in [6.07, 6.45) is 2.83. The second kappa shape index (κ2) is 8.74. The molecule has 0 atom stereocenters. The van der Waals surface area contributed by atoms with E-state index in [1.165, 1.54) is 15.6 Å². The predicted octanol–water partition coefficient (Wildman–Crippen LogP) is 3.46. The first-order valence-electron chi connectivity index (χ1n) is 10.6.